The maximum atomic E-state index is 12.9. The molecule has 0 spiro atoms. The Bertz CT molecular complexity index is 495. The summed E-state index contributed by atoms with van der Waals surface area (Å²) < 4.78 is 0. The van der Waals surface area contributed by atoms with E-state index in [4.69, 9.17) is 0 Å². The van der Waals surface area contributed by atoms with Crippen LogP contribution in [0.4, 0.5) is 5.69 Å². The number of likely N-dealkylation sites (tertiary alicyclic amines) is 1. The summed E-state index contributed by atoms with van der Waals surface area (Å²) in [6, 6.07) is 10.7. The van der Waals surface area contributed by atoms with Gasteiger partial charge in [-0.1, -0.05) is 31.5 Å². The molecule has 0 N–H and O–H groups in total. The maximum absolute atomic E-state index is 12.9. The third-order valence-electron chi connectivity index (χ3n) is 5.12. The lowest BCUT2D eigenvalue weighted by Crippen LogP contribution is -2.56. The van der Waals surface area contributed by atoms with Gasteiger partial charge in [0, 0.05) is 31.9 Å². The van der Waals surface area contributed by atoms with E-state index in [1.807, 2.05) is 0 Å². The van der Waals surface area contributed by atoms with Gasteiger partial charge in [0.05, 0.1) is 6.04 Å². The lowest BCUT2D eigenvalue weighted by Gasteiger charge is -2.41. The fraction of sp³-hybridized carbons (Fsp3) is 0.632. The lowest BCUT2D eigenvalue weighted by atomic mass is 10.00. The minimum absolute atomic E-state index is 0.131. The number of rotatable bonds is 4. The number of hydrogen-bond donors (Lipinski definition) is 0. The Hall–Kier alpha value is -1.55. The van der Waals surface area contributed by atoms with Crippen molar-refractivity contribution in [3.05, 3.63) is 30.3 Å². The molecule has 3 rings (SSSR count). The highest BCUT2D eigenvalue weighted by Gasteiger charge is 2.32. The Kier molecular flexibility index (Phi) is 5.55. The molecule has 1 atom stereocenters. The topological polar surface area (TPSA) is 26.8 Å². The second kappa shape index (κ2) is 7.82. The molecule has 2 aliphatic rings. The number of benzene rings is 1. The third-order valence-corrected chi connectivity index (χ3v) is 5.12. The molecular weight excluding hydrogens is 286 g/mol. The van der Waals surface area contributed by atoms with Crippen LogP contribution in [-0.2, 0) is 4.79 Å². The summed E-state index contributed by atoms with van der Waals surface area (Å²) in [7, 11) is 0. The minimum Gasteiger partial charge on any atom is -0.368 e. The molecule has 0 bridgehead atoms. The fourth-order valence-corrected chi connectivity index (χ4v) is 3.86. The van der Waals surface area contributed by atoms with Crippen molar-refractivity contribution < 1.29 is 4.79 Å². The van der Waals surface area contributed by atoms with E-state index < -0.39 is 0 Å². The molecular formula is C19H29N3O. The number of carbonyl (C=O) groups is 1. The number of nitrogens with zero attached hydrogens (tertiary/aromatic N) is 3. The highest BCUT2D eigenvalue weighted by Crippen LogP contribution is 2.21. The molecule has 4 heteroatoms. The van der Waals surface area contributed by atoms with Crippen molar-refractivity contribution in [3.63, 3.8) is 0 Å². The smallest absolute Gasteiger partial charge is 0.240 e. The SMILES string of the molecule is CCCN1CCCCC1C(=O)N1CCN(c2ccccc2)CC1. The standard InChI is InChI=1S/C19H29N3O/c1-2-11-21-12-7-6-10-18(21)19(23)22-15-13-20(14-16-22)17-8-4-3-5-9-17/h3-5,8-9,18H,2,6-7,10-16H2,1H3. The van der Waals surface area contributed by atoms with Crippen LogP contribution >= 0.6 is 0 Å². The molecule has 1 amide bonds. The number of piperidine rings is 1. The first-order valence-electron chi connectivity index (χ1n) is 9.12. The van der Waals surface area contributed by atoms with Crippen LogP contribution in [0.2, 0.25) is 0 Å². The first-order chi connectivity index (χ1) is 11.3. The van der Waals surface area contributed by atoms with Crippen molar-refractivity contribution in [2.75, 3.05) is 44.2 Å². The summed E-state index contributed by atoms with van der Waals surface area (Å²) in [6.07, 6.45) is 4.61. The molecule has 0 aliphatic carbocycles. The van der Waals surface area contributed by atoms with E-state index in [0.29, 0.717) is 5.91 Å². The molecule has 2 saturated heterocycles. The van der Waals surface area contributed by atoms with Gasteiger partial charge < -0.3 is 9.80 Å². The van der Waals surface area contributed by atoms with Crippen LogP contribution < -0.4 is 4.90 Å². The van der Waals surface area contributed by atoms with Gasteiger partial charge in [-0.15, -0.1) is 0 Å². The lowest BCUT2D eigenvalue weighted by molar-refractivity contribution is -0.138. The van der Waals surface area contributed by atoms with Gasteiger partial charge in [0.1, 0.15) is 0 Å². The number of hydrogen-bond acceptors (Lipinski definition) is 3. The highest BCUT2D eigenvalue weighted by atomic mass is 16.2. The van der Waals surface area contributed by atoms with E-state index in [2.05, 4.69) is 52.0 Å². The van der Waals surface area contributed by atoms with Crippen LogP contribution in [0.3, 0.4) is 0 Å². The summed E-state index contributed by atoms with van der Waals surface area (Å²) in [6.45, 7) is 7.93. The summed E-state index contributed by atoms with van der Waals surface area (Å²) in [4.78, 5) is 19.8. The van der Waals surface area contributed by atoms with E-state index in [9.17, 15) is 4.79 Å². The van der Waals surface area contributed by atoms with Crippen molar-refractivity contribution >= 4 is 11.6 Å². The first-order valence-corrected chi connectivity index (χ1v) is 9.12. The van der Waals surface area contributed by atoms with Crippen molar-refractivity contribution in [3.8, 4) is 0 Å². The summed E-state index contributed by atoms with van der Waals surface area (Å²) in [5, 5.41) is 0. The Labute approximate surface area is 140 Å². The van der Waals surface area contributed by atoms with Crippen LogP contribution in [0.1, 0.15) is 32.6 Å². The normalized spacial score (nSPS) is 23.1. The van der Waals surface area contributed by atoms with Gasteiger partial charge in [-0.3, -0.25) is 9.69 Å². The largest absolute Gasteiger partial charge is 0.368 e. The molecule has 2 aliphatic heterocycles. The average molecular weight is 315 g/mol. The first kappa shape index (κ1) is 16.3. The number of piperazine rings is 1. The molecule has 1 aromatic carbocycles. The molecule has 4 nitrogen and oxygen atoms in total. The zero-order valence-electron chi connectivity index (χ0n) is 14.3. The zero-order valence-corrected chi connectivity index (χ0v) is 14.3. The summed E-state index contributed by atoms with van der Waals surface area (Å²) >= 11 is 0. The van der Waals surface area contributed by atoms with Gasteiger partial charge in [-0.2, -0.15) is 0 Å². The van der Waals surface area contributed by atoms with Gasteiger partial charge in [0.2, 0.25) is 5.91 Å². The minimum atomic E-state index is 0.131. The third kappa shape index (κ3) is 3.86. The Morgan fingerprint density at radius 2 is 1.78 bits per heavy atom. The number of para-hydroxylation sites is 1. The molecule has 0 radical (unpaired) electrons. The quantitative estimate of drug-likeness (QED) is 0.854. The molecule has 1 aromatic rings. The van der Waals surface area contributed by atoms with Gasteiger partial charge in [-0.25, -0.2) is 0 Å². The number of carbonyl (C=O) groups excluding carboxylic acids is 1. The van der Waals surface area contributed by atoms with Gasteiger partial charge in [0.25, 0.3) is 0 Å². The van der Waals surface area contributed by atoms with Crippen LogP contribution in [0, 0.1) is 0 Å². The van der Waals surface area contributed by atoms with E-state index >= 15 is 0 Å². The van der Waals surface area contributed by atoms with E-state index in [-0.39, 0.29) is 6.04 Å². The molecule has 0 saturated carbocycles. The molecule has 2 heterocycles. The highest BCUT2D eigenvalue weighted by molar-refractivity contribution is 5.82. The Morgan fingerprint density at radius 3 is 2.48 bits per heavy atom. The maximum Gasteiger partial charge on any atom is 0.240 e. The van der Waals surface area contributed by atoms with Gasteiger partial charge in [-0.05, 0) is 44.5 Å². The molecule has 1 unspecified atom stereocenters. The van der Waals surface area contributed by atoms with Crippen molar-refractivity contribution in [2.24, 2.45) is 0 Å². The van der Waals surface area contributed by atoms with Crippen molar-refractivity contribution in [2.45, 2.75) is 38.6 Å². The van der Waals surface area contributed by atoms with E-state index in [1.165, 1.54) is 18.5 Å². The van der Waals surface area contributed by atoms with E-state index in [0.717, 1.165) is 52.1 Å². The van der Waals surface area contributed by atoms with Crippen molar-refractivity contribution in [1.29, 1.82) is 0 Å². The molecule has 23 heavy (non-hydrogen) atoms. The number of anilines is 1. The zero-order chi connectivity index (χ0) is 16.1. The second-order valence-electron chi connectivity index (χ2n) is 6.70. The van der Waals surface area contributed by atoms with Crippen LogP contribution in [0.15, 0.2) is 30.3 Å². The van der Waals surface area contributed by atoms with Crippen molar-refractivity contribution in [1.82, 2.24) is 9.80 Å². The summed E-state index contributed by atoms with van der Waals surface area (Å²) in [5.74, 6) is 0.367. The Morgan fingerprint density at radius 1 is 1.04 bits per heavy atom. The predicted molar refractivity (Wildman–Crippen MR) is 94.7 cm³/mol. The summed E-state index contributed by atoms with van der Waals surface area (Å²) in [5.41, 5.74) is 1.27. The Balaban J connectivity index is 1.57. The molecule has 2 fully saturated rings. The van der Waals surface area contributed by atoms with E-state index in [1.54, 1.807) is 0 Å². The second-order valence-corrected chi connectivity index (χ2v) is 6.70. The van der Waals surface area contributed by atoms with Gasteiger partial charge in [0.15, 0.2) is 0 Å². The number of amides is 1. The van der Waals surface area contributed by atoms with Crippen LogP contribution in [-0.4, -0.2) is 61.0 Å². The monoisotopic (exact) mass is 315 g/mol. The average Bonchev–Trinajstić information content (AvgIpc) is 2.63. The fourth-order valence-electron chi connectivity index (χ4n) is 3.86. The molecule has 0 aromatic heterocycles. The van der Waals surface area contributed by atoms with Gasteiger partial charge >= 0.3 is 0 Å². The van der Waals surface area contributed by atoms with Crippen LogP contribution in [0.5, 0.6) is 0 Å². The van der Waals surface area contributed by atoms with Crippen LogP contribution in [0.25, 0.3) is 0 Å². The predicted octanol–water partition coefficient (Wildman–Crippen LogP) is 2.60. The molecule has 126 valence electrons.